The van der Waals surface area contributed by atoms with Gasteiger partial charge in [-0.3, -0.25) is 0 Å². The second-order valence-electron chi connectivity index (χ2n) is 5.31. The molecule has 2 aromatic rings. The number of aryl methyl sites for hydroxylation is 1. The maximum atomic E-state index is 14.1. The normalized spacial score (nSPS) is 19.7. The number of hydrogen-bond acceptors (Lipinski definition) is 3. The number of pyridine rings is 1. The van der Waals surface area contributed by atoms with Crippen molar-refractivity contribution >= 4 is 17.6 Å². The highest BCUT2D eigenvalue weighted by Crippen LogP contribution is 2.38. The lowest BCUT2D eigenvalue weighted by atomic mass is 9.99. The van der Waals surface area contributed by atoms with Crippen molar-refractivity contribution < 1.29 is 28.5 Å². The van der Waals surface area contributed by atoms with Crippen LogP contribution in [0.15, 0.2) is 24.4 Å². The van der Waals surface area contributed by atoms with Gasteiger partial charge in [-0.15, -0.1) is 0 Å². The van der Waals surface area contributed by atoms with Crippen LogP contribution in [-0.2, 0) is 16.8 Å². The lowest BCUT2D eigenvalue weighted by molar-refractivity contribution is -0.620. The lowest BCUT2D eigenvalue weighted by Crippen LogP contribution is -2.45. The van der Waals surface area contributed by atoms with Crippen LogP contribution in [0.2, 0.25) is 5.02 Å². The quantitative estimate of drug-likeness (QED) is 0.498. The summed E-state index contributed by atoms with van der Waals surface area (Å²) in [6, 6.07) is 3.32. The van der Waals surface area contributed by atoms with E-state index in [0.717, 1.165) is 18.3 Å². The first-order valence-corrected chi connectivity index (χ1v) is 6.99. The predicted octanol–water partition coefficient (Wildman–Crippen LogP) is 2.14. The average Bonchev–Trinajstić information content (AvgIpc) is 2.83. The molecule has 1 unspecified atom stereocenters. The fraction of sp³-hybridized carbons (Fsp3) is 0.200. The van der Waals surface area contributed by atoms with Gasteiger partial charge in [0, 0.05) is 12.0 Å². The van der Waals surface area contributed by atoms with Gasteiger partial charge in [0.15, 0.2) is 12.0 Å². The molecular formula is C15H10ClF2NO4. The largest absolute Gasteiger partial charge is 0.618 e. The zero-order chi connectivity index (χ0) is 16.9. The molecular weight excluding hydrogens is 332 g/mol. The van der Waals surface area contributed by atoms with Crippen molar-refractivity contribution in [2.24, 2.45) is 0 Å². The smallest absolute Gasteiger partial charge is 0.346 e. The molecule has 0 saturated carbocycles. The molecule has 1 aliphatic rings. The van der Waals surface area contributed by atoms with Crippen LogP contribution in [0.3, 0.4) is 0 Å². The van der Waals surface area contributed by atoms with Crippen LogP contribution in [0.1, 0.15) is 17.7 Å². The second kappa shape index (κ2) is 5.14. The van der Waals surface area contributed by atoms with Crippen LogP contribution >= 0.6 is 11.6 Å². The van der Waals surface area contributed by atoms with Gasteiger partial charge in [-0.25, -0.2) is 13.6 Å². The van der Waals surface area contributed by atoms with Gasteiger partial charge >= 0.3 is 5.97 Å². The summed E-state index contributed by atoms with van der Waals surface area (Å²) in [5, 5.41) is 31.1. The molecule has 0 bridgehead atoms. The van der Waals surface area contributed by atoms with E-state index >= 15 is 0 Å². The Kier molecular flexibility index (Phi) is 3.50. The highest BCUT2D eigenvalue weighted by molar-refractivity contribution is 6.31. The fourth-order valence-electron chi connectivity index (χ4n) is 2.83. The van der Waals surface area contributed by atoms with Crippen molar-refractivity contribution in [3.8, 4) is 11.1 Å². The van der Waals surface area contributed by atoms with Crippen LogP contribution in [-0.4, -0.2) is 16.2 Å². The predicted molar refractivity (Wildman–Crippen MR) is 75.6 cm³/mol. The van der Waals surface area contributed by atoms with Crippen molar-refractivity contribution in [3.63, 3.8) is 0 Å². The number of hydrogen-bond donors (Lipinski definition) is 2. The first kappa shape index (κ1) is 15.6. The molecule has 0 saturated heterocycles. The summed E-state index contributed by atoms with van der Waals surface area (Å²) >= 11 is 5.64. The number of aromatic nitrogens is 1. The minimum Gasteiger partial charge on any atom is -0.618 e. The Balaban J connectivity index is 2.23. The van der Waals surface area contributed by atoms with Gasteiger partial charge in [0.05, 0.1) is 16.1 Å². The van der Waals surface area contributed by atoms with E-state index in [1.807, 2.05) is 0 Å². The van der Waals surface area contributed by atoms with E-state index < -0.39 is 28.8 Å². The molecule has 0 spiro atoms. The molecule has 0 radical (unpaired) electrons. The van der Waals surface area contributed by atoms with E-state index in [2.05, 4.69) is 0 Å². The average molecular weight is 342 g/mol. The monoisotopic (exact) mass is 341 g/mol. The molecule has 23 heavy (non-hydrogen) atoms. The van der Waals surface area contributed by atoms with Gasteiger partial charge in [-0.2, -0.15) is 4.73 Å². The third-order valence-corrected chi connectivity index (χ3v) is 4.24. The van der Waals surface area contributed by atoms with E-state index in [9.17, 15) is 23.9 Å². The summed E-state index contributed by atoms with van der Waals surface area (Å²) in [4.78, 5) is 11.2. The highest BCUT2D eigenvalue weighted by atomic mass is 35.5. The van der Waals surface area contributed by atoms with Gasteiger partial charge in [-0.05, 0) is 24.6 Å². The summed E-state index contributed by atoms with van der Waals surface area (Å²) in [6.07, 6.45) is 0.734. The van der Waals surface area contributed by atoms with Gasteiger partial charge < -0.3 is 15.4 Å². The van der Waals surface area contributed by atoms with E-state index in [4.69, 9.17) is 16.7 Å². The molecule has 8 heteroatoms. The minimum atomic E-state index is -2.30. The maximum Gasteiger partial charge on any atom is 0.346 e. The molecule has 0 aliphatic heterocycles. The zero-order valence-electron chi connectivity index (χ0n) is 11.5. The van der Waals surface area contributed by atoms with E-state index in [0.29, 0.717) is 0 Å². The number of carboxylic acids is 1. The maximum absolute atomic E-state index is 14.1. The Morgan fingerprint density at radius 3 is 2.74 bits per heavy atom. The van der Waals surface area contributed by atoms with E-state index in [1.165, 1.54) is 6.07 Å². The Bertz CT molecular complexity index is 843. The molecule has 0 fully saturated rings. The van der Waals surface area contributed by atoms with Gasteiger partial charge in [-0.1, -0.05) is 11.6 Å². The van der Waals surface area contributed by atoms with Crippen molar-refractivity contribution in [3.05, 3.63) is 57.5 Å². The van der Waals surface area contributed by atoms with E-state index in [1.54, 1.807) is 0 Å². The number of aliphatic hydroxyl groups is 1. The first-order chi connectivity index (χ1) is 10.8. The van der Waals surface area contributed by atoms with Crippen LogP contribution in [0.5, 0.6) is 0 Å². The Hall–Kier alpha value is -2.25. The number of aliphatic carboxylic acids is 1. The molecule has 5 nitrogen and oxygen atoms in total. The number of rotatable bonds is 2. The molecule has 1 atom stereocenters. The SMILES string of the molecule is O=C(O)C1(O)CCc2cc(-c3c(F)ccc(Cl)c3F)c[n+]([O-])c21. The summed E-state index contributed by atoms with van der Waals surface area (Å²) in [5.41, 5.74) is -2.97. The molecule has 1 heterocycles. The summed E-state index contributed by atoms with van der Waals surface area (Å²) in [7, 11) is 0. The standard InChI is InChI=1S/C15H10ClF2NO4/c16-9-1-2-10(17)11(12(9)18)8-5-7-3-4-15(22,14(20)21)13(7)19(23)6-8/h1-2,5-6,22H,3-4H2,(H,20,21). The highest BCUT2D eigenvalue weighted by Gasteiger charge is 2.51. The molecule has 1 aliphatic carbocycles. The number of nitrogens with zero attached hydrogens (tertiary/aromatic N) is 1. The van der Waals surface area contributed by atoms with E-state index in [-0.39, 0.29) is 39.4 Å². The molecule has 1 aromatic heterocycles. The van der Waals surface area contributed by atoms with Crippen molar-refractivity contribution in [2.45, 2.75) is 18.4 Å². The Morgan fingerprint density at radius 1 is 1.39 bits per heavy atom. The zero-order valence-corrected chi connectivity index (χ0v) is 12.3. The Labute approximate surface area is 134 Å². The third-order valence-electron chi connectivity index (χ3n) is 3.94. The molecule has 120 valence electrons. The van der Waals surface area contributed by atoms with Crippen LogP contribution < -0.4 is 4.73 Å². The topological polar surface area (TPSA) is 84.5 Å². The molecule has 1 aromatic carbocycles. The van der Waals surface area contributed by atoms with Crippen molar-refractivity contribution in [1.82, 2.24) is 0 Å². The van der Waals surface area contributed by atoms with Gasteiger partial charge in [0.2, 0.25) is 11.3 Å². The lowest BCUT2D eigenvalue weighted by Gasteiger charge is -2.17. The van der Waals surface area contributed by atoms with Gasteiger partial charge in [0.1, 0.15) is 5.82 Å². The number of halogens is 3. The summed E-state index contributed by atoms with van der Waals surface area (Å²) in [6.45, 7) is 0. The number of carbonyl (C=O) groups is 1. The fourth-order valence-corrected chi connectivity index (χ4v) is 2.99. The summed E-state index contributed by atoms with van der Waals surface area (Å²) in [5.74, 6) is -3.47. The number of carboxylic acid groups (broad SMARTS) is 1. The first-order valence-electron chi connectivity index (χ1n) is 6.62. The van der Waals surface area contributed by atoms with Crippen molar-refractivity contribution in [1.29, 1.82) is 0 Å². The minimum absolute atomic E-state index is 0.0779. The third kappa shape index (κ3) is 2.24. The van der Waals surface area contributed by atoms with Crippen LogP contribution in [0.4, 0.5) is 8.78 Å². The number of benzene rings is 1. The molecule has 3 rings (SSSR count). The van der Waals surface area contributed by atoms with Crippen LogP contribution in [0.25, 0.3) is 11.1 Å². The molecule has 0 amide bonds. The van der Waals surface area contributed by atoms with Crippen LogP contribution in [0, 0.1) is 16.8 Å². The molecule has 2 N–H and O–H groups in total. The number of fused-ring (bicyclic) bond motifs is 1. The van der Waals surface area contributed by atoms with Gasteiger partial charge in [0.25, 0.3) is 0 Å². The summed E-state index contributed by atoms with van der Waals surface area (Å²) < 4.78 is 28.2. The van der Waals surface area contributed by atoms with Crippen molar-refractivity contribution in [2.75, 3.05) is 0 Å². The Morgan fingerprint density at radius 2 is 2.09 bits per heavy atom. The second-order valence-corrected chi connectivity index (χ2v) is 5.72.